The van der Waals surface area contributed by atoms with Crippen LogP contribution in [-0.4, -0.2) is 59.4 Å². The van der Waals surface area contributed by atoms with Crippen LogP contribution in [-0.2, 0) is 19.1 Å². The van der Waals surface area contributed by atoms with Crippen molar-refractivity contribution in [3.05, 3.63) is 35.5 Å². The van der Waals surface area contributed by atoms with Crippen LogP contribution >= 0.6 is 12.4 Å². The third kappa shape index (κ3) is 3.52. The predicted octanol–water partition coefficient (Wildman–Crippen LogP) is 1.53. The average molecular weight is 370 g/mol. The molecule has 3 atom stereocenters. The Labute approximate surface area is 153 Å². The molecule has 3 aliphatic rings. The van der Waals surface area contributed by atoms with Crippen molar-refractivity contribution in [2.24, 2.45) is 0 Å². The molecule has 2 saturated heterocycles. The molecule has 6 nitrogen and oxygen atoms in total. The standard InChI is InChI=1S/C18H23NO5.ClH/c1-4-12-9-11(2)18(3,22)17(21)23-10-13-5-7-19-8-6-14(15(13)19)24-16(12)20;/h4-5,14-15,22H,2,6-10H2,1,3H3;1H/b12-4+;/t14-,15-,18-;/m1./s1. The van der Waals surface area contributed by atoms with Gasteiger partial charge in [0.15, 0.2) is 5.60 Å². The first kappa shape index (κ1) is 19.7. The zero-order valence-electron chi connectivity index (χ0n) is 14.5. The van der Waals surface area contributed by atoms with Crippen LogP contribution in [0.15, 0.2) is 35.5 Å². The van der Waals surface area contributed by atoms with Crippen LogP contribution in [0.5, 0.6) is 0 Å². The second-order valence-corrected chi connectivity index (χ2v) is 6.69. The molecular formula is C18H24ClNO5. The van der Waals surface area contributed by atoms with Crippen molar-refractivity contribution in [3.8, 4) is 0 Å². The maximum absolute atomic E-state index is 12.5. The molecule has 0 spiro atoms. The molecule has 25 heavy (non-hydrogen) atoms. The van der Waals surface area contributed by atoms with E-state index in [1.165, 1.54) is 6.92 Å². The first-order valence-corrected chi connectivity index (χ1v) is 8.21. The maximum Gasteiger partial charge on any atom is 0.342 e. The largest absolute Gasteiger partial charge is 0.459 e. The number of ether oxygens (including phenoxy) is 2. The van der Waals surface area contributed by atoms with Crippen LogP contribution < -0.4 is 0 Å². The van der Waals surface area contributed by atoms with E-state index in [4.69, 9.17) is 9.47 Å². The van der Waals surface area contributed by atoms with E-state index in [-0.39, 0.29) is 43.2 Å². The molecule has 0 unspecified atom stereocenters. The maximum atomic E-state index is 12.5. The molecule has 0 radical (unpaired) electrons. The van der Waals surface area contributed by atoms with Crippen molar-refractivity contribution in [1.29, 1.82) is 0 Å². The van der Waals surface area contributed by atoms with Gasteiger partial charge >= 0.3 is 11.9 Å². The third-order valence-corrected chi connectivity index (χ3v) is 5.14. The molecule has 3 aliphatic heterocycles. The molecule has 1 N–H and O–H groups in total. The van der Waals surface area contributed by atoms with Gasteiger partial charge < -0.3 is 14.6 Å². The Hall–Kier alpha value is -1.63. The summed E-state index contributed by atoms with van der Waals surface area (Å²) in [5.41, 5.74) is -0.330. The Kier molecular flexibility index (Phi) is 5.76. The number of halogens is 1. The van der Waals surface area contributed by atoms with Crippen LogP contribution in [0.4, 0.5) is 0 Å². The van der Waals surface area contributed by atoms with Gasteiger partial charge in [-0.15, -0.1) is 12.4 Å². The molecule has 0 saturated carbocycles. The first-order valence-electron chi connectivity index (χ1n) is 8.21. The number of hydrogen-bond acceptors (Lipinski definition) is 6. The molecule has 0 amide bonds. The minimum Gasteiger partial charge on any atom is -0.459 e. The SMILES string of the molecule is C=C1C/C(=C\C)C(=O)O[C@@H]2CCN3CC=C(COC(=O)[C@]1(C)O)[C@H]23.Cl. The second-order valence-electron chi connectivity index (χ2n) is 6.69. The minimum atomic E-state index is -1.85. The van der Waals surface area contributed by atoms with Gasteiger partial charge in [-0.1, -0.05) is 18.7 Å². The van der Waals surface area contributed by atoms with E-state index < -0.39 is 17.5 Å². The number of aliphatic hydroxyl groups is 1. The number of hydrogen-bond donors (Lipinski definition) is 1. The predicted molar refractivity (Wildman–Crippen MR) is 94.3 cm³/mol. The smallest absolute Gasteiger partial charge is 0.342 e. The summed E-state index contributed by atoms with van der Waals surface area (Å²) in [6.07, 6.45) is 4.23. The number of nitrogens with zero attached hydrogens (tertiary/aromatic N) is 1. The van der Waals surface area contributed by atoms with Crippen molar-refractivity contribution < 1.29 is 24.2 Å². The highest BCUT2D eigenvalue weighted by molar-refractivity contribution is 5.90. The summed E-state index contributed by atoms with van der Waals surface area (Å²) in [6.45, 7) is 8.53. The number of allylic oxidation sites excluding steroid dienone is 1. The highest BCUT2D eigenvalue weighted by Crippen LogP contribution is 2.33. The normalized spacial score (nSPS) is 35.1. The number of cyclic esters (lactones) is 1. The zero-order valence-corrected chi connectivity index (χ0v) is 15.3. The van der Waals surface area contributed by atoms with E-state index in [0.29, 0.717) is 5.57 Å². The molecule has 0 aliphatic carbocycles. The van der Waals surface area contributed by atoms with E-state index in [0.717, 1.165) is 25.1 Å². The van der Waals surface area contributed by atoms with Crippen LogP contribution in [0.1, 0.15) is 26.7 Å². The minimum absolute atomic E-state index is 0. The van der Waals surface area contributed by atoms with E-state index in [2.05, 4.69) is 11.5 Å². The fraction of sp³-hybridized carbons (Fsp3) is 0.556. The lowest BCUT2D eigenvalue weighted by atomic mass is 9.91. The number of rotatable bonds is 0. The Balaban J connectivity index is 0.00000225. The number of esters is 2. The molecule has 0 aromatic heterocycles. The lowest BCUT2D eigenvalue weighted by molar-refractivity contribution is -0.160. The van der Waals surface area contributed by atoms with Crippen molar-refractivity contribution in [3.63, 3.8) is 0 Å². The van der Waals surface area contributed by atoms with Crippen LogP contribution in [0.2, 0.25) is 0 Å². The lowest BCUT2D eigenvalue weighted by Crippen LogP contribution is -2.42. The van der Waals surface area contributed by atoms with Gasteiger partial charge in [0.05, 0.1) is 6.04 Å². The highest BCUT2D eigenvalue weighted by Gasteiger charge is 2.44. The Morgan fingerprint density at radius 1 is 1.44 bits per heavy atom. The molecule has 0 bridgehead atoms. The van der Waals surface area contributed by atoms with Crippen molar-refractivity contribution in [2.45, 2.75) is 44.4 Å². The summed E-state index contributed by atoms with van der Waals surface area (Å²) in [5, 5.41) is 10.5. The molecule has 0 aromatic rings. The average Bonchev–Trinajstić information content (AvgIpc) is 3.12. The number of carbonyl (C=O) groups is 2. The fourth-order valence-electron chi connectivity index (χ4n) is 3.47. The van der Waals surface area contributed by atoms with E-state index >= 15 is 0 Å². The molecule has 138 valence electrons. The summed E-state index contributed by atoms with van der Waals surface area (Å²) in [7, 11) is 0. The quantitative estimate of drug-likeness (QED) is 0.396. The van der Waals surface area contributed by atoms with Gasteiger partial charge in [0.1, 0.15) is 12.7 Å². The summed E-state index contributed by atoms with van der Waals surface area (Å²) >= 11 is 0. The monoisotopic (exact) mass is 369 g/mol. The van der Waals surface area contributed by atoms with Crippen molar-refractivity contribution >= 4 is 24.3 Å². The summed E-state index contributed by atoms with van der Waals surface area (Å²) < 4.78 is 11.1. The summed E-state index contributed by atoms with van der Waals surface area (Å²) in [6, 6.07) is -0.0487. The van der Waals surface area contributed by atoms with Gasteiger partial charge in [-0.05, 0) is 31.4 Å². The van der Waals surface area contributed by atoms with E-state index in [9.17, 15) is 14.7 Å². The fourth-order valence-corrected chi connectivity index (χ4v) is 3.47. The summed E-state index contributed by atoms with van der Waals surface area (Å²) in [5.74, 6) is -1.16. The van der Waals surface area contributed by atoms with Crippen molar-refractivity contribution in [2.75, 3.05) is 19.7 Å². The zero-order chi connectivity index (χ0) is 17.5. The van der Waals surface area contributed by atoms with Gasteiger partial charge in [0.2, 0.25) is 0 Å². The van der Waals surface area contributed by atoms with Crippen molar-refractivity contribution in [1.82, 2.24) is 4.90 Å². The van der Waals surface area contributed by atoms with Crippen LogP contribution in [0.3, 0.4) is 0 Å². The molecule has 0 aromatic carbocycles. The lowest BCUT2D eigenvalue weighted by Gasteiger charge is -2.28. The Morgan fingerprint density at radius 2 is 2.16 bits per heavy atom. The topological polar surface area (TPSA) is 76.1 Å². The van der Waals surface area contributed by atoms with Crippen LogP contribution in [0, 0.1) is 0 Å². The number of carbonyl (C=O) groups excluding carboxylic acids is 2. The van der Waals surface area contributed by atoms with Gasteiger partial charge in [0, 0.05) is 25.1 Å². The Morgan fingerprint density at radius 3 is 2.84 bits per heavy atom. The Bertz CT molecular complexity index is 652. The van der Waals surface area contributed by atoms with Gasteiger partial charge in [-0.3, -0.25) is 4.90 Å². The third-order valence-electron chi connectivity index (χ3n) is 5.14. The molecule has 2 fully saturated rings. The summed E-state index contributed by atoms with van der Waals surface area (Å²) in [4.78, 5) is 27.0. The highest BCUT2D eigenvalue weighted by atomic mass is 35.5. The van der Waals surface area contributed by atoms with Gasteiger partial charge in [-0.25, -0.2) is 9.59 Å². The molecule has 3 heterocycles. The second kappa shape index (κ2) is 7.32. The molecule has 7 heteroatoms. The van der Waals surface area contributed by atoms with E-state index in [1.54, 1.807) is 13.0 Å². The van der Waals surface area contributed by atoms with Gasteiger partial charge in [-0.2, -0.15) is 0 Å². The van der Waals surface area contributed by atoms with Gasteiger partial charge in [0.25, 0.3) is 0 Å². The first-order chi connectivity index (χ1) is 11.3. The van der Waals surface area contributed by atoms with E-state index in [1.807, 2.05) is 6.08 Å². The molecule has 3 rings (SSSR count). The molecular weight excluding hydrogens is 346 g/mol. The van der Waals surface area contributed by atoms with Crippen LogP contribution in [0.25, 0.3) is 0 Å².